The molecule has 1 atom stereocenters. The zero-order valence-corrected chi connectivity index (χ0v) is 21.3. The van der Waals surface area contributed by atoms with Crippen molar-refractivity contribution in [2.75, 3.05) is 27.9 Å². The fraction of sp³-hybridized carbons (Fsp3) is 0.778. The Labute approximate surface area is 197 Å². The van der Waals surface area contributed by atoms with E-state index in [4.69, 9.17) is 24.7 Å². The normalized spacial score (nSPS) is 12.0. The molecule has 32 heavy (non-hydrogen) atoms. The lowest BCUT2D eigenvalue weighted by molar-refractivity contribution is 0.105. The molecule has 0 aliphatic heterocycles. The minimum absolute atomic E-state index is 0.0877. The standard InChI is InChI=1S/C27H49NO4/c1-5-6-7-8-9-10-11-12-13-14-15-16-17-18-24(28)22-32-21-23-19-25(29-2)27(31-4)26(20-23)30-3/h19-20,24H,5-18,21-22,28H2,1-4H3. The second-order valence-corrected chi connectivity index (χ2v) is 8.84. The lowest BCUT2D eigenvalue weighted by Gasteiger charge is -2.15. The SMILES string of the molecule is CCCCCCCCCCCCCCCC(N)COCc1cc(OC)c(OC)c(OC)c1. The van der Waals surface area contributed by atoms with E-state index in [1.54, 1.807) is 21.3 Å². The highest BCUT2D eigenvalue weighted by molar-refractivity contribution is 5.53. The number of nitrogens with two attached hydrogens (primary N) is 1. The van der Waals surface area contributed by atoms with Crippen LogP contribution in [0, 0.1) is 0 Å². The first-order valence-corrected chi connectivity index (χ1v) is 12.8. The van der Waals surface area contributed by atoms with Crippen LogP contribution < -0.4 is 19.9 Å². The Kier molecular flexibility index (Phi) is 17.0. The van der Waals surface area contributed by atoms with Crippen LogP contribution in [0.25, 0.3) is 0 Å². The Bertz CT molecular complexity index is 554. The van der Waals surface area contributed by atoms with Crippen LogP contribution in [0.5, 0.6) is 17.2 Å². The number of benzene rings is 1. The number of methoxy groups -OCH3 is 3. The molecule has 186 valence electrons. The first-order chi connectivity index (χ1) is 15.7. The van der Waals surface area contributed by atoms with Crippen molar-refractivity contribution in [1.82, 2.24) is 0 Å². The molecule has 1 aromatic carbocycles. The minimum atomic E-state index is 0.0877. The number of rotatable bonds is 21. The fourth-order valence-corrected chi connectivity index (χ4v) is 4.05. The van der Waals surface area contributed by atoms with Crippen molar-refractivity contribution < 1.29 is 18.9 Å². The maximum atomic E-state index is 6.24. The van der Waals surface area contributed by atoms with Gasteiger partial charge in [-0.3, -0.25) is 0 Å². The Hall–Kier alpha value is -1.46. The van der Waals surface area contributed by atoms with Gasteiger partial charge in [-0.15, -0.1) is 0 Å². The van der Waals surface area contributed by atoms with Crippen LogP contribution in [-0.2, 0) is 11.3 Å². The van der Waals surface area contributed by atoms with Crippen LogP contribution in [0.4, 0.5) is 0 Å². The van der Waals surface area contributed by atoms with E-state index in [-0.39, 0.29) is 6.04 Å². The molecule has 5 heteroatoms. The summed E-state index contributed by atoms with van der Waals surface area (Å²) in [6.45, 7) is 3.32. The smallest absolute Gasteiger partial charge is 0.203 e. The van der Waals surface area contributed by atoms with Crippen molar-refractivity contribution in [2.24, 2.45) is 5.73 Å². The molecule has 0 aromatic heterocycles. The molecule has 0 bridgehead atoms. The zero-order chi connectivity index (χ0) is 23.4. The van der Waals surface area contributed by atoms with Gasteiger partial charge in [-0.05, 0) is 24.1 Å². The van der Waals surface area contributed by atoms with Crippen LogP contribution in [-0.4, -0.2) is 34.0 Å². The molecule has 0 spiro atoms. The second-order valence-electron chi connectivity index (χ2n) is 8.84. The Balaban J connectivity index is 2.05. The Morgan fingerprint density at radius 1 is 0.688 bits per heavy atom. The van der Waals surface area contributed by atoms with Crippen molar-refractivity contribution in [3.63, 3.8) is 0 Å². The molecular formula is C27H49NO4. The summed E-state index contributed by atoms with van der Waals surface area (Å²) in [5.41, 5.74) is 7.22. The Morgan fingerprint density at radius 2 is 1.16 bits per heavy atom. The van der Waals surface area contributed by atoms with Gasteiger partial charge in [0, 0.05) is 6.04 Å². The summed E-state index contributed by atoms with van der Waals surface area (Å²) < 4.78 is 22.0. The molecule has 1 aromatic rings. The van der Waals surface area contributed by atoms with E-state index in [1.807, 2.05) is 12.1 Å². The third-order valence-electron chi connectivity index (χ3n) is 6.00. The zero-order valence-electron chi connectivity index (χ0n) is 21.3. The molecule has 1 unspecified atom stereocenters. The molecule has 0 heterocycles. The summed E-state index contributed by atoms with van der Waals surface area (Å²) in [5.74, 6) is 1.88. The van der Waals surface area contributed by atoms with Gasteiger partial charge in [-0.2, -0.15) is 0 Å². The molecule has 0 aliphatic rings. The maximum Gasteiger partial charge on any atom is 0.203 e. The van der Waals surface area contributed by atoms with Gasteiger partial charge in [-0.1, -0.05) is 90.4 Å². The van der Waals surface area contributed by atoms with Gasteiger partial charge >= 0.3 is 0 Å². The number of hydrogen-bond donors (Lipinski definition) is 1. The average molecular weight is 452 g/mol. The first kappa shape index (κ1) is 28.6. The van der Waals surface area contributed by atoms with Crippen molar-refractivity contribution >= 4 is 0 Å². The van der Waals surface area contributed by atoms with E-state index in [1.165, 1.54) is 83.5 Å². The van der Waals surface area contributed by atoms with Gasteiger partial charge in [0.05, 0.1) is 34.5 Å². The molecule has 0 saturated carbocycles. The molecule has 0 radical (unpaired) electrons. The van der Waals surface area contributed by atoms with Crippen LogP contribution in [0.2, 0.25) is 0 Å². The van der Waals surface area contributed by atoms with Gasteiger partial charge < -0.3 is 24.7 Å². The third-order valence-corrected chi connectivity index (χ3v) is 6.00. The second kappa shape index (κ2) is 19.0. The molecule has 1 rings (SSSR count). The van der Waals surface area contributed by atoms with Gasteiger partial charge in [0.2, 0.25) is 5.75 Å². The quantitative estimate of drug-likeness (QED) is 0.203. The average Bonchev–Trinajstić information content (AvgIpc) is 2.81. The first-order valence-electron chi connectivity index (χ1n) is 12.8. The highest BCUT2D eigenvalue weighted by Gasteiger charge is 2.13. The number of unbranched alkanes of at least 4 members (excludes halogenated alkanes) is 12. The fourth-order valence-electron chi connectivity index (χ4n) is 4.05. The maximum absolute atomic E-state index is 6.24. The largest absolute Gasteiger partial charge is 0.493 e. The third kappa shape index (κ3) is 12.5. The van der Waals surface area contributed by atoms with Crippen molar-refractivity contribution in [1.29, 1.82) is 0 Å². The lowest BCUT2D eigenvalue weighted by Crippen LogP contribution is -2.26. The predicted octanol–water partition coefficient (Wildman–Crippen LogP) is 7.04. The van der Waals surface area contributed by atoms with Crippen molar-refractivity contribution in [2.45, 2.75) is 109 Å². The van der Waals surface area contributed by atoms with E-state index in [0.29, 0.717) is 30.5 Å². The van der Waals surface area contributed by atoms with E-state index >= 15 is 0 Å². The Morgan fingerprint density at radius 3 is 1.59 bits per heavy atom. The minimum Gasteiger partial charge on any atom is -0.493 e. The van der Waals surface area contributed by atoms with E-state index in [2.05, 4.69) is 6.92 Å². The van der Waals surface area contributed by atoms with Crippen LogP contribution in [0.15, 0.2) is 12.1 Å². The predicted molar refractivity (Wildman–Crippen MR) is 134 cm³/mol. The van der Waals surface area contributed by atoms with Crippen molar-refractivity contribution in [3.05, 3.63) is 17.7 Å². The van der Waals surface area contributed by atoms with Gasteiger partial charge in [0.25, 0.3) is 0 Å². The number of ether oxygens (including phenoxy) is 4. The van der Waals surface area contributed by atoms with E-state index < -0.39 is 0 Å². The molecule has 5 nitrogen and oxygen atoms in total. The topological polar surface area (TPSA) is 62.9 Å². The summed E-state index contributed by atoms with van der Waals surface area (Å²) in [4.78, 5) is 0. The molecule has 2 N–H and O–H groups in total. The summed E-state index contributed by atoms with van der Waals surface area (Å²) in [6, 6.07) is 3.92. The monoisotopic (exact) mass is 451 g/mol. The number of hydrogen-bond acceptors (Lipinski definition) is 5. The molecule has 0 saturated heterocycles. The van der Waals surface area contributed by atoms with Gasteiger partial charge in [0.1, 0.15) is 0 Å². The highest BCUT2D eigenvalue weighted by Crippen LogP contribution is 2.38. The summed E-state index contributed by atoms with van der Waals surface area (Å²) in [5, 5.41) is 0. The molecule has 0 fully saturated rings. The summed E-state index contributed by atoms with van der Waals surface area (Å²) in [6.07, 6.45) is 18.8. The van der Waals surface area contributed by atoms with E-state index in [9.17, 15) is 0 Å². The molecule has 0 aliphatic carbocycles. The van der Waals surface area contributed by atoms with Crippen LogP contribution in [0.3, 0.4) is 0 Å². The van der Waals surface area contributed by atoms with Gasteiger partial charge in [0.15, 0.2) is 11.5 Å². The molecule has 0 amide bonds. The van der Waals surface area contributed by atoms with E-state index in [0.717, 1.165) is 12.0 Å². The summed E-state index contributed by atoms with van der Waals surface area (Å²) in [7, 11) is 4.84. The summed E-state index contributed by atoms with van der Waals surface area (Å²) >= 11 is 0. The van der Waals surface area contributed by atoms with Crippen LogP contribution >= 0.6 is 0 Å². The van der Waals surface area contributed by atoms with Crippen molar-refractivity contribution in [3.8, 4) is 17.2 Å². The lowest BCUT2D eigenvalue weighted by atomic mass is 10.0. The highest BCUT2D eigenvalue weighted by atomic mass is 16.5. The van der Waals surface area contributed by atoms with Crippen LogP contribution in [0.1, 0.15) is 102 Å². The molecular weight excluding hydrogens is 402 g/mol. The van der Waals surface area contributed by atoms with Gasteiger partial charge in [-0.25, -0.2) is 0 Å².